The van der Waals surface area contributed by atoms with E-state index in [9.17, 15) is 19.3 Å². The molecule has 2 aliphatic heterocycles. The molecule has 0 aromatic carbocycles. The van der Waals surface area contributed by atoms with Crippen molar-refractivity contribution in [3.8, 4) is 0 Å². The molecule has 0 radical (unpaired) electrons. The molecule has 212 valence electrons. The number of esters is 2. The van der Waals surface area contributed by atoms with Crippen molar-refractivity contribution in [3.05, 3.63) is 0 Å². The molecule has 3 N–H and O–H groups in total. The van der Waals surface area contributed by atoms with Crippen molar-refractivity contribution in [1.29, 1.82) is 0 Å². The van der Waals surface area contributed by atoms with Crippen molar-refractivity contribution >= 4 is 32.4 Å². The zero-order valence-corrected chi connectivity index (χ0v) is 24.6. The first kappa shape index (κ1) is 31.4. The fraction of sp³-hybridized carbons (Fsp3) is 0.846. The van der Waals surface area contributed by atoms with Crippen LogP contribution in [0, 0.1) is 35.5 Å². The zero-order chi connectivity index (χ0) is 28.3. The van der Waals surface area contributed by atoms with Gasteiger partial charge in [-0.25, -0.2) is 0 Å². The standard InChI is InChI=1S/C26H45N2O8P/c1-13-10-14(2)23(30)34-17(5)26(8)20(16(4)21(29)15(3)12-25(7,11-13)33-9)19(24(31)35-26)22(27)28-36-18(6)37-32/h13-20,32,37H,10-12H2,1-9H3,(H2,27,28)/t13-,14+,15+,16+,17-,18?,19+,20-,25-,26-/m0/s1. The number of nitrogens with two attached hydrogens (primary N) is 1. The lowest BCUT2D eigenvalue weighted by atomic mass is 9.68. The number of ketones is 1. The molecular formula is C26H45N2O8P. The molecule has 0 amide bonds. The van der Waals surface area contributed by atoms with E-state index < -0.39 is 61.7 Å². The van der Waals surface area contributed by atoms with Crippen LogP contribution < -0.4 is 5.73 Å². The largest absolute Gasteiger partial charge is 0.458 e. The quantitative estimate of drug-likeness (QED) is 0.175. The lowest BCUT2D eigenvalue weighted by Crippen LogP contribution is -2.52. The summed E-state index contributed by atoms with van der Waals surface area (Å²) in [5.41, 5.74) is 4.31. The van der Waals surface area contributed by atoms with Crippen LogP contribution >= 0.6 is 8.81 Å². The number of amidine groups is 1. The smallest absolute Gasteiger partial charge is 0.317 e. The minimum absolute atomic E-state index is 0.0710. The van der Waals surface area contributed by atoms with E-state index in [1.807, 2.05) is 20.8 Å². The van der Waals surface area contributed by atoms with Gasteiger partial charge >= 0.3 is 11.9 Å². The average molecular weight is 545 g/mol. The highest BCUT2D eigenvalue weighted by Gasteiger charge is 2.61. The van der Waals surface area contributed by atoms with E-state index in [1.165, 1.54) is 0 Å². The third-order valence-electron chi connectivity index (χ3n) is 8.15. The van der Waals surface area contributed by atoms with Crippen LogP contribution in [0.15, 0.2) is 5.16 Å². The third-order valence-corrected chi connectivity index (χ3v) is 8.62. The molecule has 2 rings (SSSR count). The molecule has 0 aromatic rings. The molecule has 0 spiro atoms. The molecule has 2 unspecified atom stereocenters. The molecule has 0 bridgehead atoms. The van der Waals surface area contributed by atoms with Gasteiger partial charge in [-0.05, 0) is 52.9 Å². The van der Waals surface area contributed by atoms with E-state index in [2.05, 4.69) is 12.1 Å². The maximum absolute atomic E-state index is 13.8. The first-order valence-corrected chi connectivity index (χ1v) is 14.0. The average Bonchev–Trinajstić information content (AvgIpc) is 3.11. The van der Waals surface area contributed by atoms with Crippen LogP contribution in [0.3, 0.4) is 0 Å². The SMILES string of the molecule is CO[C@@]1(C)C[C@@H](C)C[C@@H](C)C(=O)O[C@@H](C)[C@]2(C)OC(=O)[C@@H](/C(N)=N/OC(C)PO)[C@@H]2[C@@H](C)C(=O)[C@H](C)C1. The van der Waals surface area contributed by atoms with E-state index >= 15 is 0 Å². The van der Waals surface area contributed by atoms with Gasteiger partial charge in [0.2, 0.25) is 0 Å². The number of ether oxygens (including phenoxy) is 3. The summed E-state index contributed by atoms with van der Waals surface area (Å²) < 4.78 is 17.6. The number of Topliss-reactive ketones (excluding diaryl/α,β-unsaturated/α-hetero) is 1. The number of carbonyl (C=O) groups excluding carboxylic acids is 3. The van der Waals surface area contributed by atoms with Crippen LogP contribution in [0.5, 0.6) is 0 Å². The Kier molecular flexibility index (Phi) is 10.5. The Hall–Kier alpha value is -1.77. The van der Waals surface area contributed by atoms with Gasteiger partial charge in [-0.2, -0.15) is 0 Å². The van der Waals surface area contributed by atoms with E-state index in [0.717, 1.165) is 0 Å². The van der Waals surface area contributed by atoms with Crippen molar-refractivity contribution < 1.29 is 38.3 Å². The van der Waals surface area contributed by atoms with Gasteiger partial charge in [0.05, 0.1) is 20.3 Å². The summed E-state index contributed by atoms with van der Waals surface area (Å²) in [5.74, 6) is -5.07. The summed E-state index contributed by atoms with van der Waals surface area (Å²) in [7, 11) is 1.11. The molecule has 11 atom stereocenters. The number of carbonyl (C=O) groups is 3. The summed E-state index contributed by atoms with van der Waals surface area (Å²) in [5, 5.41) is 3.88. The Morgan fingerprint density at radius 2 is 1.73 bits per heavy atom. The van der Waals surface area contributed by atoms with Crippen LogP contribution in [0.25, 0.3) is 0 Å². The van der Waals surface area contributed by atoms with Crippen molar-refractivity contribution in [2.24, 2.45) is 46.4 Å². The monoisotopic (exact) mass is 544 g/mol. The van der Waals surface area contributed by atoms with Crippen molar-refractivity contribution in [2.45, 2.75) is 97.8 Å². The third kappa shape index (κ3) is 7.01. The molecule has 0 aromatic heterocycles. The van der Waals surface area contributed by atoms with Crippen LogP contribution in [0.1, 0.15) is 74.7 Å². The predicted octanol–water partition coefficient (Wildman–Crippen LogP) is 3.39. The summed E-state index contributed by atoms with van der Waals surface area (Å²) in [6, 6.07) is 0. The highest BCUT2D eigenvalue weighted by atomic mass is 31.1. The van der Waals surface area contributed by atoms with E-state index in [0.29, 0.717) is 19.3 Å². The first-order chi connectivity index (χ1) is 17.1. The molecule has 0 saturated carbocycles. The van der Waals surface area contributed by atoms with Crippen molar-refractivity contribution in [1.82, 2.24) is 0 Å². The summed E-state index contributed by atoms with van der Waals surface area (Å²) in [4.78, 5) is 54.6. The van der Waals surface area contributed by atoms with Gasteiger partial charge in [0, 0.05) is 24.9 Å². The minimum atomic E-state index is -1.34. The van der Waals surface area contributed by atoms with Gasteiger partial charge in [0.25, 0.3) is 0 Å². The molecule has 37 heavy (non-hydrogen) atoms. The number of oxime groups is 1. The van der Waals surface area contributed by atoms with Crippen molar-refractivity contribution in [3.63, 3.8) is 0 Å². The summed E-state index contributed by atoms with van der Waals surface area (Å²) >= 11 is 0. The second-order valence-corrected chi connectivity index (χ2v) is 12.5. The van der Waals surface area contributed by atoms with Crippen LogP contribution in [-0.4, -0.2) is 58.7 Å². The van der Waals surface area contributed by atoms with Gasteiger partial charge in [-0.3, -0.25) is 14.4 Å². The molecule has 11 heteroatoms. The topological polar surface area (TPSA) is 147 Å². The molecule has 0 aliphatic carbocycles. The summed E-state index contributed by atoms with van der Waals surface area (Å²) in [6.45, 7) is 14.4. The van der Waals surface area contributed by atoms with Crippen LogP contribution in [-0.2, 0) is 33.4 Å². The predicted molar refractivity (Wildman–Crippen MR) is 141 cm³/mol. The highest BCUT2D eigenvalue weighted by molar-refractivity contribution is 7.31. The van der Waals surface area contributed by atoms with Crippen LogP contribution in [0.4, 0.5) is 0 Å². The Balaban J connectivity index is 2.58. The molecule has 10 nitrogen and oxygen atoms in total. The number of methoxy groups -OCH3 is 1. The minimum Gasteiger partial charge on any atom is -0.458 e. The number of cyclic esters (lactones) is 1. The number of fused-ring (bicyclic) bond motifs is 1. The van der Waals surface area contributed by atoms with Crippen molar-refractivity contribution in [2.75, 3.05) is 7.11 Å². The van der Waals surface area contributed by atoms with E-state index in [4.69, 9.17) is 24.8 Å². The lowest BCUT2D eigenvalue weighted by Gasteiger charge is -2.40. The Morgan fingerprint density at radius 1 is 1.11 bits per heavy atom. The number of hydrogen-bond donors (Lipinski definition) is 2. The van der Waals surface area contributed by atoms with Crippen LogP contribution in [0.2, 0.25) is 0 Å². The molecule has 2 aliphatic rings. The normalized spacial score (nSPS) is 41.6. The molecular weight excluding hydrogens is 499 g/mol. The molecule has 2 saturated heterocycles. The number of hydrogen-bond acceptors (Lipinski definition) is 9. The van der Waals surface area contributed by atoms with Gasteiger partial charge in [0.1, 0.15) is 17.8 Å². The van der Waals surface area contributed by atoms with Gasteiger partial charge in [0.15, 0.2) is 17.3 Å². The lowest BCUT2D eigenvalue weighted by molar-refractivity contribution is -0.180. The summed E-state index contributed by atoms with van der Waals surface area (Å²) in [6.07, 6.45) is 0.901. The second-order valence-electron chi connectivity index (χ2n) is 11.5. The molecule has 2 heterocycles. The second kappa shape index (κ2) is 12.4. The number of rotatable bonds is 5. The maximum Gasteiger partial charge on any atom is 0.317 e. The molecule has 2 fully saturated rings. The van der Waals surface area contributed by atoms with Gasteiger partial charge < -0.3 is 29.7 Å². The Morgan fingerprint density at radius 3 is 2.30 bits per heavy atom. The van der Waals surface area contributed by atoms with E-state index in [-0.39, 0.29) is 29.4 Å². The Bertz CT molecular complexity index is 885. The fourth-order valence-corrected chi connectivity index (χ4v) is 6.14. The first-order valence-electron chi connectivity index (χ1n) is 13.0. The highest BCUT2D eigenvalue weighted by Crippen LogP contribution is 2.47. The van der Waals surface area contributed by atoms with E-state index in [1.54, 1.807) is 34.8 Å². The van der Waals surface area contributed by atoms with Gasteiger partial charge in [-0.15, -0.1) is 0 Å². The maximum atomic E-state index is 13.8. The fourth-order valence-electron chi connectivity index (χ4n) is 6.04. The van der Waals surface area contributed by atoms with Gasteiger partial charge in [-0.1, -0.05) is 32.9 Å². The Labute approximate surface area is 222 Å². The number of nitrogens with zero attached hydrogens (tertiary/aromatic N) is 1. The zero-order valence-electron chi connectivity index (χ0n) is 23.6.